The van der Waals surface area contributed by atoms with Crippen molar-refractivity contribution in [3.8, 4) is 0 Å². The lowest BCUT2D eigenvalue weighted by molar-refractivity contribution is -0.113. The average molecular weight is 423 g/mol. The van der Waals surface area contributed by atoms with Crippen LogP contribution in [0.1, 0.15) is 29.2 Å². The molecule has 2 amide bonds. The average Bonchev–Trinajstić information content (AvgIpc) is 3.57. The lowest BCUT2D eigenvalue weighted by Gasteiger charge is -2.13. The van der Waals surface area contributed by atoms with E-state index in [1.165, 1.54) is 16.7 Å². The highest BCUT2D eigenvalue weighted by Gasteiger charge is 2.28. The van der Waals surface area contributed by atoms with E-state index in [1.807, 2.05) is 18.2 Å². The number of nitrogens with zero attached hydrogens (tertiary/aromatic N) is 3. The Morgan fingerprint density at radius 3 is 2.50 bits per heavy atom. The van der Waals surface area contributed by atoms with E-state index in [0.717, 1.165) is 12.8 Å². The van der Waals surface area contributed by atoms with Crippen LogP contribution in [0.25, 0.3) is 10.9 Å². The molecule has 0 aliphatic heterocycles. The molecule has 1 heterocycles. The Kier molecular flexibility index (Phi) is 5.59. The van der Waals surface area contributed by atoms with Crippen molar-refractivity contribution in [3.05, 3.63) is 64.4 Å². The molecule has 7 nitrogen and oxygen atoms in total. The summed E-state index contributed by atoms with van der Waals surface area (Å²) in [7, 11) is 3.38. The zero-order chi connectivity index (χ0) is 21.3. The number of benzene rings is 2. The first kappa shape index (κ1) is 20.2. The molecule has 0 radical (unpaired) electrons. The maximum Gasteiger partial charge on any atom is 0.262 e. The van der Waals surface area contributed by atoms with Crippen LogP contribution in [0.3, 0.4) is 0 Å². The van der Waals surface area contributed by atoms with E-state index in [-0.39, 0.29) is 29.2 Å². The van der Waals surface area contributed by atoms with E-state index in [0.29, 0.717) is 27.3 Å². The molecular weight excluding hydrogens is 400 g/mol. The van der Waals surface area contributed by atoms with E-state index >= 15 is 0 Å². The number of anilines is 1. The number of hydrogen-bond acceptors (Lipinski definition) is 5. The number of thioether (sulfide) groups is 1. The van der Waals surface area contributed by atoms with Gasteiger partial charge in [0.15, 0.2) is 5.16 Å². The minimum atomic E-state index is -0.198. The Labute approximate surface area is 178 Å². The lowest BCUT2D eigenvalue weighted by Crippen LogP contribution is -2.23. The molecule has 0 atom stereocenters. The van der Waals surface area contributed by atoms with Gasteiger partial charge in [0.05, 0.1) is 16.7 Å². The summed E-state index contributed by atoms with van der Waals surface area (Å²) in [6.07, 6.45) is 1.91. The van der Waals surface area contributed by atoms with Crippen molar-refractivity contribution in [1.82, 2.24) is 14.5 Å². The van der Waals surface area contributed by atoms with Gasteiger partial charge in [-0.2, -0.15) is 0 Å². The van der Waals surface area contributed by atoms with Crippen LogP contribution in [0.2, 0.25) is 0 Å². The van der Waals surface area contributed by atoms with Crippen LogP contribution < -0.4 is 10.9 Å². The third-order valence-corrected chi connectivity index (χ3v) is 5.79. The van der Waals surface area contributed by atoms with Crippen LogP contribution in [0, 0.1) is 0 Å². The fraction of sp³-hybridized carbons (Fsp3) is 0.273. The second kappa shape index (κ2) is 8.31. The summed E-state index contributed by atoms with van der Waals surface area (Å²) < 4.78 is 1.72. The molecule has 0 spiro atoms. The number of amides is 2. The van der Waals surface area contributed by atoms with Gasteiger partial charge in [-0.05, 0) is 49.2 Å². The Bertz CT molecular complexity index is 1170. The second-order valence-electron chi connectivity index (χ2n) is 7.43. The Morgan fingerprint density at radius 2 is 1.83 bits per heavy atom. The highest BCUT2D eigenvalue weighted by molar-refractivity contribution is 7.99. The molecule has 8 heteroatoms. The number of para-hydroxylation sites is 1. The number of aromatic nitrogens is 2. The van der Waals surface area contributed by atoms with Gasteiger partial charge in [0.2, 0.25) is 5.91 Å². The van der Waals surface area contributed by atoms with E-state index in [2.05, 4.69) is 10.3 Å². The van der Waals surface area contributed by atoms with Crippen molar-refractivity contribution >= 4 is 40.2 Å². The van der Waals surface area contributed by atoms with Crippen molar-refractivity contribution in [3.63, 3.8) is 0 Å². The third kappa shape index (κ3) is 4.23. The molecule has 2 aromatic carbocycles. The molecule has 1 aliphatic carbocycles. The number of fused-ring (bicyclic) bond motifs is 1. The fourth-order valence-electron chi connectivity index (χ4n) is 3.16. The van der Waals surface area contributed by atoms with Crippen LogP contribution in [0.15, 0.2) is 58.5 Å². The van der Waals surface area contributed by atoms with Gasteiger partial charge in [0.25, 0.3) is 11.5 Å². The number of hydrogen-bond donors (Lipinski definition) is 1. The molecular formula is C22H22N4O3S. The molecule has 1 N–H and O–H groups in total. The Hall–Kier alpha value is -3.13. The first-order chi connectivity index (χ1) is 14.4. The smallest absolute Gasteiger partial charge is 0.262 e. The van der Waals surface area contributed by atoms with Gasteiger partial charge >= 0.3 is 0 Å². The number of carbonyl (C=O) groups is 2. The fourth-order valence-corrected chi connectivity index (χ4v) is 4.03. The molecule has 1 fully saturated rings. The largest absolute Gasteiger partial charge is 0.345 e. The van der Waals surface area contributed by atoms with Gasteiger partial charge < -0.3 is 10.2 Å². The minimum absolute atomic E-state index is 0.0489. The third-order valence-electron chi connectivity index (χ3n) is 4.84. The highest BCUT2D eigenvalue weighted by atomic mass is 32.2. The second-order valence-corrected chi connectivity index (χ2v) is 8.37. The SMILES string of the molecule is CN(C)C(=O)c1ccc(NC(=O)CSc2nc3ccccc3c(=O)n2C2CC2)cc1. The molecule has 4 rings (SSSR count). The van der Waals surface area contributed by atoms with Crippen LogP contribution in [0.5, 0.6) is 0 Å². The standard InChI is InChI=1S/C22H22N4O3S/c1-25(2)20(28)14-7-9-15(10-8-14)23-19(27)13-30-22-24-18-6-4-3-5-17(18)21(29)26(22)16-11-12-16/h3-10,16H,11-13H2,1-2H3,(H,23,27). The summed E-state index contributed by atoms with van der Waals surface area (Å²) in [5, 5.41) is 4.00. The maximum absolute atomic E-state index is 12.9. The zero-order valence-corrected chi connectivity index (χ0v) is 17.6. The monoisotopic (exact) mass is 422 g/mol. The summed E-state index contributed by atoms with van der Waals surface area (Å²) in [6, 6.07) is 14.2. The van der Waals surface area contributed by atoms with Crippen LogP contribution in [-0.4, -0.2) is 46.1 Å². The Morgan fingerprint density at radius 1 is 1.13 bits per heavy atom. The van der Waals surface area contributed by atoms with Crippen LogP contribution in [-0.2, 0) is 4.79 Å². The molecule has 1 aromatic heterocycles. The quantitative estimate of drug-likeness (QED) is 0.487. The highest BCUT2D eigenvalue weighted by Crippen LogP contribution is 2.36. The predicted molar refractivity (Wildman–Crippen MR) is 118 cm³/mol. The van der Waals surface area contributed by atoms with Gasteiger partial charge in [0.1, 0.15) is 0 Å². The number of carbonyl (C=O) groups excluding carboxylic acids is 2. The number of rotatable bonds is 6. The van der Waals surface area contributed by atoms with Crippen LogP contribution >= 0.6 is 11.8 Å². The van der Waals surface area contributed by atoms with Crippen LogP contribution in [0.4, 0.5) is 5.69 Å². The minimum Gasteiger partial charge on any atom is -0.345 e. The topological polar surface area (TPSA) is 84.3 Å². The zero-order valence-electron chi connectivity index (χ0n) is 16.8. The van der Waals surface area contributed by atoms with Gasteiger partial charge in [-0.25, -0.2) is 4.98 Å². The molecule has 0 unspecified atom stereocenters. The number of nitrogens with one attached hydrogen (secondary N) is 1. The molecule has 1 saturated carbocycles. The van der Waals surface area contributed by atoms with Gasteiger partial charge in [0, 0.05) is 31.4 Å². The van der Waals surface area contributed by atoms with Gasteiger partial charge in [-0.3, -0.25) is 19.0 Å². The molecule has 0 saturated heterocycles. The lowest BCUT2D eigenvalue weighted by atomic mass is 10.2. The van der Waals surface area contributed by atoms with E-state index in [4.69, 9.17) is 0 Å². The van der Waals surface area contributed by atoms with Crippen molar-refractivity contribution in [2.75, 3.05) is 25.2 Å². The van der Waals surface area contributed by atoms with E-state index in [1.54, 1.807) is 49.0 Å². The molecule has 1 aliphatic rings. The predicted octanol–water partition coefficient (Wildman–Crippen LogP) is 3.16. The summed E-state index contributed by atoms with van der Waals surface area (Å²) in [4.78, 5) is 43.4. The summed E-state index contributed by atoms with van der Waals surface area (Å²) in [5.41, 5.74) is 1.76. The van der Waals surface area contributed by atoms with Crippen molar-refractivity contribution in [1.29, 1.82) is 0 Å². The van der Waals surface area contributed by atoms with E-state index in [9.17, 15) is 14.4 Å². The summed E-state index contributed by atoms with van der Waals surface area (Å²) in [6.45, 7) is 0. The first-order valence-electron chi connectivity index (χ1n) is 9.69. The van der Waals surface area contributed by atoms with E-state index < -0.39 is 0 Å². The maximum atomic E-state index is 12.9. The van der Waals surface area contributed by atoms with Gasteiger partial charge in [-0.15, -0.1) is 0 Å². The first-order valence-corrected chi connectivity index (χ1v) is 10.7. The van der Waals surface area contributed by atoms with Crippen molar-refractivity contribution in [2.45, 2.75) is 24.0 Å². The molecule has 30 heavy (non-hydrogen) atoms. The summed E-state index contributed by atoms with van der Waals surface area (Å²) in [5.74, 6) is -0.157. The molecule has 3 aromatic rings. The molecule has 0 bridgehead atoms. The van der Waals surface area contributed by atoms with Gasteiger partial charge in [-0.1, -0.05) is 23.9 Å². The summed E-state index contributed by atoms with van der Waals surface area (Å²) >= 11 is 1.26. The van der Waals surface area contributed by atoms with Crippen molar-refractivity contribution in [2.24, 2.45) is 0 Å². The normalized spacial score (nSPS) is 13.3. The Balaban J connectivity index is 1.46. The van der Waals surface area contributed by atoms with Crippen molar-refractivity contribution < 1.29 is 9.59 Å². The molecule has 154 valence electrons.